The number of rotatable bonds is 69. The van der Waals surface area contributed by atoms with E-state index in [9.17, 15) is 19.8 Å². The molecule has 0 aliphatic carbocycles. The molecule has 0 aromatic rings. The number of nitrogens with one attached hydrogen (secondary N) is 1. The van der Waals surface area contributed by atoms with Crippen molar-refractivity contribution in [3.63, 3.8) is 0 Å². The van der Waals surface area contributed by atoms with Gasteiger partial charge in [0, 0.05) is 12.8 Å². The highest BCUT2D eigenvalue weighted by molar-refractivity contribution is 5.76. The predicted molar refractivity (Wildman–Crippen MR) is 365 cm³/mol. The van der Waals surface area contributed by atoms with Gasteiger partial charge in [0.05, 0.1) is 25.4 Å². The molecule has 3 N–H and O–H groups in total. The maximum atomic E-state index is 12.5. The van der Waals surface area contributed by atoms with E-state index in [1.165, 1.54) is 308 Å². The van der Waals surface area contributed by atoms with Crippen molar-refractivity contribution in [3.8, 4) is 0 Å². The molecule has 0 aromatic carbocycles. The molecule has 0 aromatic heterocycles. The number of allylic oxidation sites excluding steroid dienone is 9. The number of esters is 1. The number of aliphatic hydroxyl groups is 2. The van der Waals surface area contributed by atoms with E-state index >= 15 is 0 Å². The zero-order chi connectivity index (χ0) is 59.9. The second-order valence-electron chi connectivity index (χ2n) is 25.3. The quantitative estimate of drug-likeness (QED) is 0.0320. The Kier molecular flexibility index (Phi) is 69.9. The van der Waals surface area contributed by atoms with Crippen molar-refractivity contribution in [1.29, 1.82) is 0 Å². The minimum absolute atomic E-state index is 0.00136. The van der Waals surface area contributed by atoms with Gasteiger partial charge in [-0.15, -0.1) is 0 Å². The molecule has 0 aliphatic heterocycles. The number of carbonyl (C=O) groups excluding carboxylic acids is 2. The van der Waals surface area contributed by atoms with Crippen LogP contribution in [0.3, 0.4) is 0 Å². The zero-order valence-corrected chi connectivity index (χ0v) is 55.7. The first-order valence-corrected chi connectivity index (χ1v) is 37.1. The Bertz CT molecular complexity index is 1430. The third kappa shape index (κ3) is 68.5. The Hall–Kier alpha value is -2.44. The van der Waals surface area contributed by atoms with E-state index < -0.39 is 12.1 Å². The molecule has 0 radical (unpaired) electrons. The zero-order valence-electron chi connectivity index (χ0n) is 55.7. The molecule has 0 spiro atoms. The van der Waals surface area contributed by atoms with E-state index in [-0.39, 0.29) is 18.5 Å². The number of unbranched alkanes of at least 4 members (excludes halogenated alkanes) is 50. The lowest BCUT2D eigenvalue weighted by Gasteiger charge is -2.20. The van der Waals surface area contributed by atoms with Crippen LogP contribution in [0.15, 0.2) is 60.8 Å². The Morgan fingerprint density at radius 1 is 0.337 bits per heavy atom. The lowest BCUT2D eigenvalue weighted by atomic mass is 10.0. The van der Waals surface area contributed by atoms with Crippen LogP contribution in [0.5, 0.6) is 0 Å². The van der Waals surface area contributed by atoms with Crippen LogP contribution in [0.4, 0.5) is 0 Å². The van der Waals surface area contributed by atoms with Crippen molar-refractivity contribution in [2.24, 2.45) is 0 Å². The highest BCUT2D eigenvalue weighted by Gasteiger charge is 2.18. The topological polar surface area (TPSA) is 95.9 Å². The molecule has 0 aliphatic rings. The van der Waals surface area contributed by atoms with Gasteiger partial charge in [0.1, 0.15) is 0 Å². The van der Waals surface area contributed by atoms with E-state index in [1.54, 1.807) is 6.08 Å². The standard InChI is InChI=1S/C77H143NO5/c1-3-5-7-9-11-13-15-17-19-21-23-24-28-31-34-37-41-45-49-53-57-61-65-69-75(80)74(73-79)78-76(81)70-66-62-58-54-50-46-42-38-35-32-29-26-25-27-30-33-36-40-44-48-52-56-60-64-68-72-83-77(82)71-67-63-59-55-51-47-43-39-22-20-18-16-14-12-10-8-6-4-2/h14,16,20,22,26-27,29-30,65,69,74-75,79-80H,3-13,15,17-19,21,23-25,28,31-64,66-68,70-73H2,1-2H3,(H,78,81)/b16-14-,22-20-,29-26-,30-27-,69-65+. The molecule has 2 atom stereocenters. The van der Waals surface area contributed by atoms with E-state index in [0.717, 1.165) is 57.8 Å². The van der Waals surface area contributed by atoms with Crippen molar-refractivity contribution in [2.45, 2.75) is 405 Å². The summed E-state index contributed by atoms with van der Waals surface area (Å²) in [4.78, 5) is 24.6. The molecule has 6 heteroatoms. The average Bonchev–Trinajstić information content (AvgIpc) is 3.49. The molecule has 0 fully saturated rings. The first-order valence-electron chi connectivity index (χ1n) is 37.1. The van der Waals surface area contributed by atoms with Crippen molar-refractivity contribution in [3.05, 3.63) is 60.8 Å². The lowest BCUT2D eigenvalue weighted by Crippen LogP contribution is -2.45. The molecule has 6 nitrogen and oxygen atoms in total. The van der Waals surface area contributed by atoms with Crippen LogP contribution in [-0.4, -0.2) is 47.4 Å². The monoisotopic (exact) mass is 1160 g/mol. The van der Waals surface area contributed by atoms with Crippen molar-refractivity contribution < 1.29 is 24.5 Å². The van der Waals surface area contributed by atoms with Crippen molar-refractivity contribution in [2.75, 3.05) is 13.2 Å². The Morgan fingerprint density at radius 3 is 0.928 bits per heavy atom. The van der Waals surface area contributed by atoms with Crippen LogP contribution in [0.2, 0.25) is 0 Å². The minimum Gasteiger partial charge on any atom is -0.466 e. The summed E-state index contributed by atoms with van der Waals surface area (Å²) in [5.41, 5.74) is 0. The van der Waals surface area contributed by atoms with Gasteiger partial charge in [0.25, 0.3) is 0 Å². The first kappa shape index (κ1) is 80.6. The van der Waals surface area contributed by atoms with Gasteiger partial charge in [-0.25, -0.2) is 0 Å². The third-order valence-corrected chi connectivity index (χ3v) is 17.0. The largest absolute Gasteiger partial charge is 0.466 e. The average molecular weight is 1160 g/mol. The van der Waals surface area contributed by atoms with Gasteiger partial charge in [-0.1, -0.05) is 344 Å². The molecule has 0 saturated heterocycles. The summed E-state index contributed by atoms with van der Waals surface area (Å²) in [6.45, 7) is 4.91. The van der Waals surface area contributed by atoms with Gasteiger partial charge >= 0.3 is 5.97 Å². The summed E-state index contributed by atoms with van der Waals surface area (Å²) < 4.78 is 5.50. The van der Waals surface area contributed by atoms with E-state index in [4.69, 9.17) is 4.74 Å². The number of ether oxygens (including phenoxy) is 1. The first-order chi connectivity index (χ1) is 41.0. The number of hydrogen-bond acceptors (Lipinski definition) is 5. The van der Waals surface area contributed by atoms with Gasteiger partial charge in [-0.3, -0.25) is 9.59 Å². The number of aliphatic hydroxyl groups excluding tert-OH is 2. The van der Waals surface area contributed by atoms with Crippen LogP contribution >= 0.6 is 0 Å². The fraction of sp³-hybridized carbons (Fsp3) is 0.844. The summed E-state index contributed by atoms with van der Waals surface area (Å²) in [5.74, 6) is -0.0697. The molecular weight excluding hydrogens is 1020 g/mol. The molecule has 0 rings (SSSR count). The van der Waals surface area contributed by atoms with Gasteiger partial charge in [0.2, 0.25) is 5.91 Å². The molecule has 83 heavy (non-hydrogen) atoms. The second kappa shape index (κ2) is 72.0. The Morgan fingerprint density at radius 2 is 0.602 bits per heavy atom. The molecule has 486 valence electrons. The second-order valence-corrected chi connectivity index (χ2v) is 25.3. The SMILES string of the molecule is CCCCCC/C=C\C/C=C\CCCCCCCCCC(=O)OCCCCCCCCCCC/C=C\C/C=C\CCCCCCCCCCCC(=O)NC(CO)C(O)/C=C/CCCCCCCCCCCCCCCCCCCCCCC. The molecule has 0 bridgehead atoms. The number of amides is 1. The smallest absolute Gasteiger partial charge is 0.305 e. The normalized spacial score (nSPS) is 12.9. The number of carbonyl (C=O) groups is 2. The number of hydrogen-bond donors (Lipinski definition) is 3. The van der Waals surface area contributed by atoms with Crippen molar-refractivity contribution in [1.82, 2.24) is 5.32 Å². The lowest BCUT2D eigenvalue weighted by molar-refractivity contribution is -0.143. The molecular formula is C77H143NO5. The highest BCUT2D eigenvalue weighted by Crippen LogP contribution is 2.18. The van der Waals surface area contributed by atoms with Crippen LogP contribution in [0.1, 0.15) is 393 Å². The van der Waals surface area contributed by atoms with Gasteiger partial charge in [-0.05, 0) is 96.3 Å². The van der Waals surface area contributed by atoms with E-state index in [0.29, 0.717) is 19.4 Å². The Balaban J connectivity index is 3.46. The van der Waals surface area contributed by atoms with Crippen LogP contribution in [0.25, 0.3) is 0 Å². The molecule has 0 saturated carbocycles. The maximum Gasteiger partial charge on any atom is 0.305 e. The maximum absolute atomic E-state index is 12.5. The van der Waals surface area contributed by atoms with Crippen LogP contribution in [-0.2, 0) is 14.3 Å². The summed E-state index contributed by atoms with van der Waals surface area (Å²) in [7, 11) is 0. The van der Waals surface area contributed by atoms with Crippen LogP contribution in [0, 0.1) is 0 Å². The molecule has 0 heterocycles. The Labute approximate surface area is 518 Å². The van der Waals surface area contributed by atoms with Gasteiger partial charge in [-0.2, -0.15) is 0 Å². The summed E-state index contributed by atoms with van der Waals surface area (Å²) in [6.07, 6.45) is 95.9. The van der Waals surface area contributed by atoms with E-state index in [1.807, 2.05) is 6.08 Å². The summed E-state index contributed by atoms with van der Waals surface area (Å²) in [5, 5.41) is 23.3. The highest BCUT2D eigenvalue weighted by atomic mass is 16.5. The summed E-state index contributed by atoms with van der Waals surface area (Å²) >= 11 is 0. The van der Waals surface area contributed by atoms with Crippen molar-refractivity contribution >= 4 is 11.9 Å². The van der Waals surface area contributed by atoms with Crippen LogP contribution < -0.4 is 5.32 Å². The summed E-state index contributed by atoms with van der Waals surface area (Å²) in [6, 6.07) is -0.635. The van der Waals surface area contributed by atoms with Gasteiger partial charge < -0.3 is 20.3 Å². The fourth-order valence-corrected chi connectivity index (χ4v) is 11.3. The predicted octanol–water partition coefficient (Wildman–Crippen LogP) is 24.2. The minimum atomic E-state index is -0.851. The fourth-order valence-electron chi connectivity index (χ4n) is 11.3. The van der Waals surface area contributed by atoms with E-state index in [2.05, 4.69) is 67.8 Å². The molecule has 2 unspecified atom stereocenters. The third-order valence-electron chi connectivity index (χ3n) is 17.0. The van der Waals surface area contributed by atoms with Gasteiger partial charge in [0.15, 0.2) is 0 Å². The molecule has 1 amide bonds.